The van der Waals surface area contributed by atoms with Gasteiger partial charge < -0.3 is 11.5 Å². The molecule has 4 nitrogen and oxygen atoms in total. The second-order valence-electron chi connectivity index (χ2n) is 4.18. The summed E-state index contributed by atoms with van der Waals surface area (Å²) in [6.07, 6.45) is 0. The predicted octanol–water partition coefficient (Wildman–Crippen LogP) is 2.96. The Balaban J connectivity index is 2.31. The van der Waals surface area contributed by atoms with Gasteiger partial charge in [-0.25, -0.2) is 8.78 Å². The molecule has 0 radical (unpaired) electrons. The van der Waals surface area contributed by atoms with Gasteiger partial charge >= 0.3 is 0 Å². The van der Waals surface area contributed by atoms with Gasteiger partial charge in [-0.1, -0.05) is 21.6 Å². The Bertz CT molecular complexity index is 690. The van der Waals surface area contributed by atoms with Crippen LogP contribution in [0.3, 0.4) is 0 Å². The Morgan fingerprint density at radius 2 is 1.14 bits per heavy atom. The molecule has 0 atom stereocenters. The number of hydrogen-bond donors (Lipinski definition) is 2. The SMILES string of the molecule is NC(=O)c1ccc(F)cc1SSc1cc(F)ccc1C(N)=O. The van der Waals surface area contributed by atoms with Gasteiger partial charge in [-0.15, -0.1) is 0 Å². The first-order valence-corrected chi connectivity index (χ1v) is 8.06. The normalized spacial score (nSPS) is 10.5. The van der Waals surface area contributed by atoms with Crippen LogP contribution in [-0.2, 0) is 0 Å². The van der Waals surface area contributed by atoms with E-state index in [2.05, 4.69) is 0 Å². The van der Waals surface area contributed by atoms with E-state index < -0.39 is 23.4 Å². The van der Waals surface area contributed by atoms with Crippen LogP contribution in [-0.4, -0.2) is 11.8 Å². The lowest BCUT2D eigenvalue weighted by Gasteiger charge is -2.08. The highest BCUT2D eigenvalue weighted by Crippen LogP contribution is 2.40. The van der Waals surface area contributed by atoms with Crippen LogP contribution in [0.5, 0.6) is 0 Å². The molecule has 4 N–H and O–H groups in total. The third-order valence-corrected chi connectivity index (χ3v) is 5.08. The predicted molar refractivity (Wildman–Crippen MR) is 81.5 cm³/mol. The van der Waals surface area contributed by atoms with Crippen LogP contribution >= 0.6 is 21.6 Å². The third-order valence-electron chi connectivity index (χ3n) is 2.64. The maximum atomic E-state index is 13.3. The molecule has 22 heavy (non-hydrogen) atoms. The first kappa shape index (κ1) is 16.3. The standard InChI is InChI=1S/C14H10F2N2O2S2/c15-7-1-3-9(13(17)19)11(5-7)21-22-12-6-8(16)2-4-10(12)14(18)20/h1-6H,(H2,17,19)(H2,18,20). The molecule has 0 aliphatic carbocycles. The first-order valence-electron chi connectivity index (χ1n) is 5.91. The van der Waals surface area contributed by atoms with Crippen molar-refractivity contribution in [3.05, 3.63) is 59.2 Å². The van der Waals surface area contributed by atoms with E-state index in [1.165, 1.54) is 12.1 Å². The monoisotopic (exact) mass is 340 g/mol. The maximum Gasteiger partial charge on any atom is 0.249 e. The zero-order chi connectivity index (χ0) is 16.3. The van der Waals surface area contributed by atoms with Gasteiger partial charge in [-0.05, 0) is 36.4 Å². The molecular formula is C14H10F2N2O2S2. The van der Waals surface area contributed by atoms with Gasteiger partial charge in [0, 0.05) is 9.79 Å². The molecule has 2 aromatic carbocycles. The van der Waals surface area contributed by atoms with Crippen LogP contribution in [0.15, 0.2) is 46.2 Å². The Morgan fingerprint density at radius 3 is 1.45 bits per heavy atom. The van der Waals surface area contributed by atoms with Gasteiger partial charge in [-0.2, -0.15) is 0 Å². The summed E-state index contributed by atoms with van der Waals surface area (Å²) in [5.74, 6) is -2.50. The van der Waals surface area contributed by atoms with Crippen molar-refractivity contribution in [2.75, 3.05) is 0 Å². The van der Waals surface area contributed by atoms with E-state index >= 15 is 0 Å². The van der Waals surface area contributed by atoms with Crippen molar-refractivity contribution in [2.45, 2.75) is 9.79 Å². The molecule has 2 amide bonds. The molecule has 0 aliphatic rings. The summed E-state index contributed by atoms with van der Waals surface area (Å²) < 4.78 is 26.6. The number of benzene rings is 2. The Morgan fingerprint density at radius 1 is 0.773 bits per heavy atom. The highest BCUT2D eigenvalue weighted by molar-refractivity contribution is 8.76. The van der Waals surface area contributed by atoms with Crippen molar-refractivity contribution in [1.29, 1.82) is 0 Å². The fourth-order valence-corrected chi connectivity index (χ4v) is 4.01. The molecule has 0 spiro atoms. The average molecular weight is 340 g/mol. The quantitative estimate of drug-likeness (QED) is 0.819. The molecule has 2 aromatic rings. The number of hydrogen-bond acceptors (Lipinski definition) is 4. The molecular weight excluding hydrogens is 330 g/mol. The smallest absolute Gasteiger partial charge is 0.249 e. The van der Waals surface area contributed by atoms with Crippen LogP contribution in [0, 0.1) is 11.6 Å². The number of primary amides is 2. The van der Waals surface area contributed by atoms with E-state index in [4.69, 9.17) is 11.5 Å². The van der Waals surface area contributed by atoms with Crippen molar-refractivity contribution >= 4 is 33.4 Å². The van der Waals surface area contributed by atoms with E-state index in [1.54, 1.807) is 0 Å². The number of amides is 2. The molecule has 0 heterocycles. The lowest BCUT2D eigenvalue weighted by molar-refractivity contribution is 0.0989. The average Bonchev–Trinajstić information content (AvgIpc) is 2.44. The van der Waals surface area contributed by atoms with Crippen molar-refractivity contribution in [2.24, 2.45) is 11.5 Å². The molecule has 0 aliphatic heterocycles. The van der Waals surface area contributed by atoms with Gasteiger partial charge in [0.1, 0.15) is 11.6 Å². The number of carbonyl (C=O) groups excluding carboxylic acids is 2. The van der Waals surface area contributed by atoms with Crippen molar-refractivity contribution in [3.63, 3.8) is 0 Å². The molecule has 2 rings (SSSR count). The van der Waals surface area contributed by atoms with Gasteiger partial charge in [0.15, 0.2) is 0 Å². The van der Waals surface area contributed by atoms with Crippen molar-refractivity contribution in [3.8, 4) is 0 Å². The van der Waals surface area contributed by atoms with Crippen LogP contribution in [0.1, 0.15) is 20.7 Å². The Hall–Kier alpha value is -2.06. The fraction of sp³-hybridized carbons (Fsp3) is 0. The summed E-state index contributed by atoms with van der Waals surface area (Å²) in [6.45, 7) is 0. The summed E-state index contributed by atoms with van der Waals surface area (Å²) >= 11 is 0. The summed E-state index contributed by atoms with van der Waals surface area (Å²) in [4.78, 5) is 23.2. The first-order chi connectivity index (χ1) is 10.4. The Kier molecular flexibility index (Phi) is 5.04. The topological polar surface area (TPSA) is 86.2 Å². The summed E-state index contributed by atoms with van der Waals surface area (Å²) in [7, 11) is 1.97. The minimum absolute atomic E-state index is 0.135. The van der Waals surface area contributed by atoms with Gasteiger partial charge in [0.05, 0.1) is 11.1 Å². The second-order valence-corrected chi connectivity index (χ2v) is 6.39. The van der Waals surface area contributed by atoms with Crippen molar-refractivity contribution < 1.29 is 18.4 Å². The molecule has 0 saturated carbocycles. The minimum Gasteiger partial charge on any atom is -0.366 e. The van der Waals surface area contributed by atoms with Gasteiger partial charge in [0.25, 0.3) is 0 Å². The molecule has 0 unspecified atom stereocenters. The summed E-state index contributed by atoms with van der Waals surface area (Å²) in [5, 5.41) is 0. The Labute approximate surface area is 132 Å². The minimum atomic E-state index is -0.711. The van der Waals surface area contributed by atoms with Gasteiger partial charge in [-0.3, -0.25) is 9.59 Å². The van der Waals surface area contributed by atoms with E-state index in [9.17, 15) is 18.4 Å². The van der Waals surface area contributed by atoms with Crippen LogP contribution in [0.25, 0.3) is 0 Å². The number of nitrogens with two attached hydrogens (primary N) is 2. The third kappa shape index (κ3) is 3.77. The molecule has 0 aromatic heterocycles. The largest absolute Gasteiger partial charge is 0.366 e. The molecule has 0 bridgehead atoms. The summed E-state index contributed by atoms with van der Waals surface area (Å²) in [5.41, 5.74) is 10.7. The zero-order valence-electron chi connectivity index (χ0n) is 11.0. The highest BCUT2D eigenvalue weighted by atomic mass is 33.1. The van der Waals surface area contributed by atoms with Gasteiger partial charge in [0.2, 0.25) is 11.8 Å². The zero-order valence-corrected chi connectivity index (χ0v) is 12.6. The second kappa shape index (κ2) is 6.80. The van der Waals surface area contributed by atoms with Crippen LogP contribution < -0.4 is 11.5 Å². The van der Waals surface area contributed by atoms with E-state index in [0.29, 0.717) is 0 Å². The molecule has 0 saturated heterocycles. The summed E-state index contributed by atoms with van der Waals surface area (Å²) in [6, 6.07) is 7.04. The molecule has 8 heteroatoms. The van der Waals surface area contributed by atoms with Crippen LogP contribution in [0.4, 0.5) is 8.78 Å². The van der Waals surface area contributed by atoms with E-state index in [-0.39, 0.29) is 20.9 Å². The van der Waals surface area contributed by atoms with Crippen LogP contribution in [0.2, 0.25) is 0 Å². The number of rotatable bonds is 5. The lowest BCUT2D eigenvalue weighted by Crippen LogP contribution is -2.12. The molecule has 0 fully saturated rings. The highest BCUT2D eigenvalue weighted by Gasteiger charge is 2.14. The lowest BCUT2D eigenvalue weighted by atomic mass is 10.2. The number of carbonyl (C=O) groups is 2. The van der Waals surface area contributed by atoms with Crippen molar-refractivity contribution in [1.82, 2.24) is 0 Å². The number of halogens is 2. The van der Waals surface area contributed by atoms with E-state index in [1.807, 2.05) is 0 Å². The van der Waals surface area contributed by atoms with E-state index in [0.717, 1.165) is 45.9 Å². The fourth-order valence-electron chi connectivity index (χ4n) is 1.63. The maximum absolute atomic E-state index is 13.3. The molecule has 114 valence electrons.